The predicted octanol–water partition coefficient (Wildman–Crippen LogP) is 3.63. The van der Waals surface area contributed by atoms with Gasteiger partial charge in [0, 0.05) is 44.5 Å². The van der Waals surface area contributed by atoms with E-state index in [9.17, 15) is 4.79 Å². The van der Waals surface area contributed by atoms with Gasteiger partial charge in [-0.15, -0.1) is 11.3 Å². The Bertz CT molecular complexity index is 982. The van der Waals surface area contributed by atoms with Crippen LogP contribution in [0, 0.1) is 6.92 Å². The van der Waals surface area contributed by atoms with Crippen LogP contribution in [0.15, 0.2) is 40.9 Å². The quantitative estimate of drug-likeness (QED) is 0.592. The molecule has 152 valence electrons. The lowest BCUT2D eigenvalue weighted by atomic mass is 10.1. The Balaban J connectivity index is 1.36. The summed E-state index contributed by atoms with van der Waals surface area (Å²) in [5, 5.41) is 3.82. The fraction of sp³-hybridized carbons (Fsp3) is 0.350. The molecular formula is C20H21ClN4O3S. The number of carbonyl (C=O) groups is 1. The first-order chi connectivity index (χ1) is 14.1. The summed E-state index contributed by atoms with van der Waals surface area (Å²) in [6.45, 7) is 5.74. The van der Waals surface area contributed by atoms with E-state index in [-0.39, 0.29) is 12.5 Å². The van der Waals surface area contributed by atoms with Gasteiger partial charge in [-0.3, -0.25) is 9.69 Å². The van der Waals surface area contributed by atoms with Crippen molar-refractivity contribution in [1.29, 1.82) is 0 Å². The van der Waals surface area contributed by atoms with Crippen LogP contribution in [0.4, 0.5) is 0 Å². The highest BCUT2D eigenvalue weighted by Gasteiger charge is 2.24. The van der Waals surface area contributed by atoms with Crippen molar-refractivity contribution in [3.8, 4) is 5.75 Å². The Kier molecular flexibility index (Phi) is 6.13. The Hall–Kier alpha value is -2.42. The molecule has 0 saturated carbocycles. The zero-order chi connectivity index (χ0) is 20.2. The molecule has 7 nitrogen and oxygen atoms in total. The molecular weight excluding hydrogens is 412 g/mol. The summed E-state index contributed by atoms with van der Waals surface area (Å²) in [5.41, 5.74) is 0.547. The number of carbonyl (C=O) groups excluding carboxylic acids is 1. The number of halogens is 1. The molecule has 1 saturated heterocycles. The number of aromatic nitrogens is 2. The molecule has 29 heavy (non-hydrogen) atoms. The maximum atomic E-state index is 13.1. The first-order valence-corrected chi connectivity index (χ1v) is 10.5. The van der Waals surface area contributed by atoms with Gasteiger partial charge in [-0.25, -0.2) is 0 Å². The standard InChI is InChI=1S/C20H21ClN4O3S/c1-14-22-19(23-28-14)13-27-17-5-3-2-4-16(17)20(26)25-10-8-24(9-11-25)12-15-6-7-18(21)29-15/h2-7H,8-13H2,1H3. The van der Waals surface area contributed by atoms with Crippen LogP contribution in [0.3, 0.4) is 0 Å². The highest BCUT2D eigenvalue weighted by molar-refractivity contribution is 7.16. The first-order valence-electron chi connectivity index (χ1n) is 9.35. The SMILES string of the molecule is Cc1nc(COc2ccccc2C(=O)N2CCN(Cc3ccc(Cl)s3)CC2)no1. The van der Waals surface area contributed by atoms with Gasteiger partial charge in [-0.2, -0.15) is 4.98 Å². The molecule has 1 aromatic carbocycles. The van der Waals surface area contributed by atoms with E-state index < -0.39 is 0 Å². The smallest absolute Gasteiger partial charge is 0.257 e. The molecule has 0 atom stereocenters. The summed E-state index contributed by atoms with van der Waals surface area (Å²) in [7, 11) is 0. The Morgan fingerprint density at radius 3 is 2.69 bits per heavy atom. The first kappa shape index (κ1) is 19.9. The maximum absolute atomic E-state index is 13.1. The maximum Gasteiger partial charge on any atom is 0.257 e. The van der Waals surface area contributed by atoms with Gasteiger partial charge in [-0.05, 0) is 24.3 Å². The highest BCUT2D eigenvalue weighted by atomic mass is 35.5. The lowest BCUT2D eigenvalue weighted by Gasteiger charge is -2.34. The molecule has 0 spiro atoms. The number of hydrogen-bond acceptors (Lipinski definition) is 7. The number of para-hydroxylation sites is 1. The molecule has 9 heteroatoms. The highest BCUT2D eigenvalue weighted by Crippen LogP contribution is 2.24. The van der Waals surface area contributed by atoms with Crippen LogP contribution in [-0.2, 0) is 13.2 Å². The minimum Gasteiger partial charge on any atom is -0.485 e. The zero-order valence-electron chi connectivity index (χ0n) is 16.0. The Morgan fingerprint density at radius 2 is 2.00 bits per heavy atom. The number of nitrogens with zero attached hydrogens (tertiary/aromatic N) is 4. The average Bonchev–Trinajstić information content (AvgIpc) is 3.34. The molecule has 2 aromatic heterocycles. The van der Waals surface area contributed by atoms with Crippen LogP contribution in [0.1, 0.15) is 27.0 Å². The monoisotopic (exact) mass is 432 g/mol. The summed E-state index contributed by atoms with van der Waals surface area (Å²) in [6.07, 6.45) is 0. The van der Waals surface area contributed by atoms with Gasteiger partial charge in [-0.1, -0.05) is 28.9 Å². The minimum atomic E-state index is -0.0243. The molecule has 3 aromatic rings. The van der Waals surface area contributed by atoms with Crippen molar-refractivity contribution in [3.63, 3.8) is 0 Å². The van der Waals surface area contributed by atoms with E-state index in [1.54, 1.807) is 30.4 Å². The van der Waals surface area contributed by atoms with Crippen LogP contribution in [0.2, 0.25) is 4.34 Å². The molecule has 0 radical (unpaired) electrons. The van der Waals surface area contributed by atoms with Crippen molar-refractivity contribution in [2.45, 2.75) is 20.1 Å². The van der Waals surface area contributed by atoms with Gasteiger partial charge in [0.2, 0.25) is 11.7 Å². The molecule has 1 fully saturated rings. The lowest BCUT2D eigenvalue weighted by molar-refractivity contribution is 0.0625. The van der Waals surface area contributed by atoms with Crippen molar-refractivity contribution < 1.29 is 14.1 Å². The number of benzene rings is 1. The van der Waals surface area contributed by atoms with Crippen LogP contribution in [-0.4, -0.2) is 52.0 Å². The summed E-state index contributed by atoms with van der Waals surface area (Å²) in [5.74, 6) is 1.43. The molecule has 0 aliphatic carbocycles. The average molecular weight is 433 g/mol. The van der Waals surface area contributed by atoms with Gasteiger partial charge in [0.25, 0.3) is 5.91 Å². The third kappa shape index (κ3) is 4.95. The van der Waals surface area contributed by atoms with Gasteiger partial charge < -0.3 is 14.2 Å². The van der Waals surface area contributed by atoms with Crippen molar-refractivity contribution in [2.24, 2.45) is 0 Å². The van der Waals surface area contributed by atoms with Crippen molar-refractivity contribution in [2.75, 3.05) is 26.2 Å². The molecule has 1 amide bonds. The third-order valence-corrected chi connectivity index (χ3v) is 5.93. The molecule has 1 aliphatic rings. The number of hydrogen-bond donors (Lipinski definition) is 0. The Labute approximate surface area is 177 Å². The van der Waals surface area contributed by atoms with Crippen LogP contribution >= 0.6 is 22.9 Å². The number of thiophene rings is 1. The van der Waals surface area contributed by atoms with Crippen LogP contribution < -0.4 is 4.74 Å². The Morgan fingerprint density at radius 1 is 1.21 bits per heavy atom. The van der Waals surface area contributed by atoms with Gasteiger partial charge >= 0.3 is 0 Å². The molecule has 4 rings (SSSR count). The topological polar surface area (TPSA) is 71.7 Å². The molecule has 3 heterocycles. The van der Waals surface area contributed by atoms with E-state index in [1.807, 2.05) is 23.1 Å². The van der Waals surface area contributed by atoms with E-state index in [0.717, 1.165) is 24.0 Å². The van der Waals surface area contributed by atoms with E-state index in [0.29, 0.717) is 36.1 Å². The zero-order valence-corrected chi connectivity index (χ0v) is 17.6. The van der Waals surface area contributed by atoms with Crippen LogP contribution in [0.25, 0.3) is 0 Å². The van der Waals surface area contributed by atoms with Crippen molar-refractivity contribution in [3.05, 3.63) is 62.9 Å². The second kappa shape index (κ2) is 8.94. The van der Waals surface area contributed by atoms with E-state index in [1.165, 1.54) is 4.88 Å². The third-order valence-electron chi connectivity index (χ3n) is 4.71. The fourth-order valence-corrected chi connectivity index (χ4v) is 4.38. The fourth-order valence-electron chi connectivity index (χ4n) is 3.25. The van der Waals surface area contributed by atoms with Gasteiger partial charge in [0.05, 0.1) is 9.90 Å². The van der Waals surface area contributed by atoms with Crippen LogP contribution in [0.5, 0.6) is 5.75 Å². The lowest BCUT2D eigenvalue weighted by Crippen LogP contribution is -2.48. The van der Waals surface area contributed by atoms with E-state index in [2.05, 4.69) is 21.1 Å². The van der Waals surface area contributed by atoms with Gasteiger partial charge in [0.15, 0.2) is 6.61 Å². The summed E-state index contributed by atoms with van der Waals surface area (Å²) < 4.78 is 11.6. The molecule has 0 N–H and O–H groups in total. The largest absolute Gasteiger partial charge is 0.485 e. The molecule has 0 unspecified atom stereocenters. The second-order valence-corrected chi connectivity index (χ2v) is 8.59. The molecule has 0 bridgehead atoms. The summed E-state index contributed by atoms with van der Waals surface area (Å²) in [6, 6.07) is 11.3. The number of aryl methyl sites for hydroxylation is 1. The number of rotatable bonds is 6. The number of ether oxygens (including phenoxy) is 1. The number of piperazine rings is 1. The predicted molar refractivity (Wildman–Crippen MR) is 110 cm³/mol. The summed E-state index contributed by atoms with van der Waals surface area (Å²) in [4.78, 5) is 22.6. The van der Waals surface area contributed by atoms with E-state index in [4.69, 9.17) is 20.9 Å². The van der Waals surface area contributed by atoms with Gasteiger partial charge in [0.1, 0.15) is 5.75 Å². The normalized spacial score (nSPS) is 14.9. The summed E-state index contributed by atoms with van der Waals surface area (Å²) >= 11 is 7.62. The van der Waals surface area contributed by atoms with Crippen molar-refractivity contribution in [1.82, 2.24) is 19.9 Å². The van der Waals surface area contributed by atoms with E-state index >= 15 is 0 Å². The second-order valence-electron chi connectivity index (χ2n) is 6.79. The minimum absolute atomic E-state index is 0.0243. The number of amides is 1. The molecule has 1 aliphatic heterocycles. The van der Waals surface area contributed by atoms with Crippen molar-refractivity contribution >= 4 is 28.8 Å².